The average Bonchev–Trinajstić information content (AvgIpc) is 2.62. The molecule has 5 nitrogen and oxygen atoms in total. The van der Waals surface area contributed by atoms with E-state index in [2.05, 4.69) is 63.6 Å². The van der Waals surface area contributed by atoms with Gasteiger partial charge in [-0.05, 0) is 40.1 Å². The number of aryl methyl sites for hydroxylation is 1. The molecule has 1 aliphatic heterocycles. The van der Waals surface area contributed by atoms with Crippen molar-refractivity contribution in [3.05, 3.63) is 29.8 Å². The van der Waals surface area contributed by atoms with E-state index in [1.54, 1.807) is 14.2 Å². The highest BCUT2D eigenvalue weighted by atomic mass is 28.1. The monoisotopic (exact) mass is 328 g/mol. The average molecular weight is 328 g/mol. The third kappa shape index (κ3) is 6.10. The highest BCUT2D eigenvalue weighted by Gasteiger charge is 2.51. The summed E-state index contributed by atoms with van der Waals surface area (Å²) >= 11 is 0. The van der Waals surface area contributed by atoms with Crippen molar-refractivity contribution >= 4 is 22.7 Å². The van der Waals surface area contributed by atoms with E-state index in [1.165, 1.54) is 5.56 Å². The molecule has 1 fully saturated rings. The highest BCUT2D eigenvalue weighted by molar-refractivity contribution is 6.62. The summed E-state index contributed by atoms with van der Waals surface area (Å²) in [5.74, 6) is 0. The van der Waals surface area contributed by atoms with Crippen molar-refractivity contribution in [3.63, 3.8) is 0 Å². The molecule has 0 unspecified atom stereocenters. The van der Waals surface area contributed by atoms with Crippen LogP contribution in [0.15, 0.2) is 24.3 Å². The lowest BCUT2D eigenvalue weighted by Crippen LogP contribution is -2.41. The molecule has 0 aromatic heterocycles. The minimum atomic E-state index is -0.261. The molecular weight excluding hydrogens is 299 g/mol. The van der Waals surface area contributed by atoms with Gasteiger partial charge in [0.15, 0.2) is 0 Å². The Morgan fingerprint density at radius 1 is 0.955 bits per heavy atom. The Labute approximate surface area is 137 Å². The number of rotatable bonds is 1. The molecule has 22 heavy (non-hydrogen) atoms. The van der Waals surface area contributed by atoms with Gasteiger partial charge in [-0.3, -0.25) is 0 Å². The number of benzene rings is 1. The molecule has 126 valence electrons. The summed E-state index contributed by atoms with van der Waals surface area (Å²) < 4.78 is 24.5. The predicted octanol–water partition coefficient (Wildman–Crippen LogP) is 0.697. The summed E-state index contributed by atoms with van der Waals surface area (Å²) in [7, 11) is 3.62. The standard InChI is InChI=1S/C13H19BO2.C2H6O.H2OSi.H2O/c1-10-6-8-11(9-7-10)14-15-12(2,3)13(4,5)16-14;1-3-2;1-2;/h6-9H,1-5H3;1-2H3;2H2;1H2. The summed E-state index contributed by atoms with van der Waals surface area (Å²) in [5.41, 5.74) is 1.81. The summed E-state index contributed by atoms with van der Waals surface area (Å²) in [6.45, 7) is 10.4. The second kappa shape index (κ2) is 10.0. The van der Waals surface area contributed by atoms with Crippen molar-refractivity contribution < 1.29 is 24.0 Å². The molecule has 7 heteroatoms. The van der Waals surface area contributed by atoms with Gasteiger partial charge in [-0.2, -0.15) is 0 Å². The van der Waals surface area contributed by atoms with Gasteiger partial charge in [0, 0.05) is 14.2 Å². The summed E-state index contributed by atoms with van der Waals surface area (Å²) in [4.78, 5) is 0. The van der Waals surface area contributed by atoms with Gasteiger partial charge in [0.2, 0.25) is 10.1 Å². The fraction of sp³-hybridized carbons (Fsp3) is 0.600. The van der Waals surface area contributed by atoms with Crippen LogP contribution < -0.4 is 5.46 Å². The number of ether oxygens (including phenoxy) is 1. The van der Waals surface area contributed by atoms with E-state index in [0.717, 1.165) is 5.46 Å². The van der Waals surface area contributed by atoms with Crippen molar-refractivity contribution in [2.75, 3.05) is 14.2 Å². The van der Waals surface area contributed by atoms with Gasteiger partial charge in [0.25, 0.3) is 0 Å². The van der Waals surface area contributed by atoms with E-state index >= 15 is 0 Å². The molecule has 0 saturated carbocycles. The van der Waals surface area contributed by atoms with Gasteiger partial charge in [-0.1, -0.05) is 29.8 Å². The van der Waals surface area contributed by atoms with E-state index in [4.69, 9.17) is 13.8 Å². The number of hydrogen-bond acceptors (Lipinski definition) is 4. The summed E-state index contributed by atoms with van der Waals surface area (Å²) in [5, 5.41) is 0. The molecule has 1 aliphatic rings. The Bertz CT molecular complexity index is 406. The lowest BCUT2D eigenvalue weighted by atomic mass is 9.79. The smallest absolute Gasteiger partial charge is 0.412 e. The molecule has 1 saturated heterocycles. The maximum atomic E-state index is 8.28. The molecule has 0 aliphatic carbocycles. The fourth-order valence-electron chi connectivity index (χ4n) is 1.70. The zero-order valence-electron chi connectivity index (χ0n) is 14.7. The first-order valence-electron chi connectivity index (χ1n) is 6.84. The van der Waals surface area contributed by atoms with Crippen molar-refractivity contribution in [2.45, 2.75) is 45.8 Å². The van der Waals surface area contributed by atoms with Gasteiger partial charge in [0.05, 0.1) is 11.2 Å². The van der Waals surface area contributed by atoms with Crippen LogP contribution in [0.25, 0.3) is 0 Å². The molecule has 0 spiro atoms. The molecule has 0 atom stereocenters. The molecule has 1 heterocycles. The lowest BCUT2D eigenvalue weighted by molar-refractivity contribution is 0.00578. The molecule has 2 N–H and O–H groups in total. The zero-order valence-corrected chi connectivity index (χ0v) is 16.1. The third-order valence-corrected chi connectivity index (χ3v) is 3.60. The van der Waals surface area contributed by atoms with Crippen LogP contribution in [0.4, 0.5) is 0 Å². The van der Waals surface area contributed by atoms with E-state index in [1.807, 2.05) is 0 Å². The number of methoxy groups -OCH3 is 1. The van der Waals surface area contributed by atoms with Crippen LogP contribution in [-0.2, 0) is 18.5 Å². The summed E-state index contributed by atoms with van der Waals surface area (Å²) in [6.07, 6.45) is 0. The Morgan fingerprint density at radius 2 is 1.27 bits per heavy atom. The maximum Gasteiger partial charge on any atom is 0.494 e. The number of hydrogen-bond donors (Lipinski definition) is 0. The normalized spacial score (nSPS) is 17.3. The minimum absolute atomic E-state index is 0. The van der Waals surface area contributed by atoms with Crippen molar-refractivity contribution in [3.8, 4) is 0 Å². The van der Waals surface area contributed by atoms with Gasteiger partial charge < -0.3 is 24.0 Å². The quantitative estimate of drug-likeness (QED) is 0.711. The largest absolute Gasteiger partial charge is 0.494 e. The maximum absolute atomic E-state index is 8.28. The van der Waals surface area contributed by atoms with Gasteiger partial charge >= 0.3 is 7.12 Å². The minimum Gasteiger partial charge on any atom is -0.412 e. The first-order chi connectivity index (χ1) is 9.73. The third-order valence-electron chi connectivity index (χ3n) is 3.60. The predicted molar refractivity (Wildman–Crippen MR) is 92.7 cm³/mol. The van der Waals surface area contributed by atoms with Gasteiger partial charge in [0.1, 0.15) is 0 Å². The topological polar surface area (TPSA) is 76.3 Å². The Morgan fingerprint density at radius 3 is 1.59 bits per heavy atom. The van der Waals surface area contributed by atoms with Crippen molar-refractivity contribution in [2.24, 2.45) is 0 Å². The van der Waals surface area contributed by atoms with Crippen LogP contribution in [0.1, 0.15) is 33.3 Å². The van der Waals surface area contributed by atoms with Gasteiger partial charge in [-0.15, -0.1) is 0 Å². The first kappa shape index (κ1) is 23.4. The molecule has 0 amide bonds. The molecule has 1 aromatic carbocycles. The van der Waals surface area contributed by atoms with Crippen molar-refractivity contribution in [1.29, 1.82) is 0 Å². The highest BCUT2D eigenvalue weighted by Crippen LogP contribution is 2.36. The van der Waals surface area contributed by atoms with Crippen LogP contribution in [0, 0.1) is 6.92 Å². The molecule has 2 rings (SSSR count). The first-order valence-corrected chi connectivity index (χ1v) is 7.42. The Balaban J connectivity index is 0. The van der Waals surface area contributed by atoms with Crippen molar-refractivity contribution in [1.82, 2.24) is 0 Å². The summed E-state index contributed by atoms with van der Waals surface area (Å²) in [6, 6.07) is 8.30. The van der Waals surface area contributed by atoms with E-state index < -0.39 is 0 Å². The van der Waals surface area contributed by atoms with Crippen LogP contribution in [-0.4, -0.2) is 48.1 Å². The van der Waals surface area contributed by atoms with E-state index in [-0.39, 0.29) is 23.8 Å². The van der Waals surface area contributed by atoms with Crippen LogP contribution in [0.3, 0.4) is 0 Å². The zero-order chi connectivity index (χ0) is 16.7. The molecule has 0 radical (unpaired) electrons. The second-order valence-electron chi connectivity index (χ2n) is 5.91. The lowest BCUT2D eigenvalue weighted by Gasteiger charge is -2.32. The van der Waals surface area contributed by atoms with Crippen LogP contribution >= 0.6 is 0 Å². The molecular formula is C15H29BO5Si. The van der Waals surface area contributed by atoms with Crippen LogP contribution in [0.2, 0.25) is 0 Å². The van der Waals surface area contributed by atoms with Gasteiger partial charge in [-0.25, -0.2) is 0 Å². The molecule has 0 bridgehead atoms. The SMILES string of the molecule is COC.Cc1ccc(B2OC(C)(C)C(C)(C)O2)cc1.O.O=[SiH2]. The Hall–Kier alpha value is -0.858. The van der Waals surface area contributed by atoms with E-state index in [0.29, 0.717) is 10.1 Å². The fourth-order valence-corrected chi connectivity index (χ4v) is 1.70. The van der Waals surface area contributed by atoms with E-state index in [9.17, 15) is 0 Å². The molecule has 1 aromatic rings. The second-order valence-corrected chi connectivity index (χ2v) is 5.91. The Kier molecular flexibility index (Phi) is 10.7. The van der Waals surface area contributed by atoms with Crippen LogP contribution in [0.5, 0.6) is 0 Å².